The van der Waals surface area contributed by atoms with Crippen LogP contribution in [0.5, 0.6) is 0 Å². The van der Waals surface area contributed by atoms with E-state index in [2.05, 4.69) is 41.5 Å². The van der Waals surface area contributed by atoms with E-state index in [1.807, 2.05) is 0 Å². The highest BCUT2D eigenvalue weighted by atomic mass is 31.2. The average molecular weight is 1470 g/mol. The molecule has 0 aliphatic heterocycles. The Balaban J connectivity index is 5.11. The summed E-state index contributed by atoms with van der Waals surface area (Å²) >= 11 is 0. The van der Waals surface area contributed by atoms with Gasteiger partial charge in [0, 0.05) is 25.7 Å². The van der Waals surface area contributed by atoms with E-state index in [9.17, 15) is 43.2 Å². The summed E-state index contributed by atoms with van der Waals surface area (Å²) in [7, 11) is -9.91. The molecule has 0 aromatic rings. The van der Waals surface area contributed by atoms with Crippen LogP contribution in [0.4, 0.5) is 0 Å². The van der Waals surface area contributed by atoms with E-state index in [0.29, 0.717) is 25.7 Å². The number of aliphatic hydroxyl groups excluding tert-OH is 1. The van der Waals surface area contributed by atoms with Crippen LogP contribution >= 0.6 is 15.6 Å². The van der Waals surface area contributed by atoms with Crippen molar-refractivity contribution >= 4 is 39.5 Å². The third-order valence-corrected chi connectivity index (χ3v) is 21.2. The molecule has 0 rings (SSSR count). The number of rotatable bonds is 80. The van der Waals surface area contributed by atoms with Gasteiger partial charge in [-0.25, -0.2) is 9.13 Å². The average Bonchev–Trinajstić information content (AvgIpc) is 0.924. The van der Waals surface area contributed by atoms with Gasteiger partial charge in [-0.15, -0.1) is 0 Å². The van der Waals surface area contributed by atoms with Crippen molar-refractivity contribution in [1.82, 2.24) is 0 Å². The summed E-state index contributed by atoms with van der Waals surface area (Å²) in [6, 6.07) is 0. The van der Waals surface area contributed by atoms with Gasteiger partial charge in [-0.1, -0.05) is 375 Å². The molecule has 0 aliphatic carbocycles. The Kier molecular flexibility index (Phi) is 71.2. The molecule has 0 bridgehead atoms. The van der Waals surface area contributed by atoms with E-state index in [-0.39, 0.29) is 25.7 Å². The minimum absolute atomic E-state index is 0.106. The fraction of sp³-hybridized carbons (Fsp3) is 0.951. The molecule has 0 saturated heterocycles. The zero-order valence-electron chi connectivity index (χ0n) is 65.5. The van der Waals surface area contributed by atoms with E-state index in [1.54, 1.807) is 0 Å². The van der Waals surface area contributed by atoms with Gasteiger partial charge in [0.05, 0.1) is 26.4 Å². The van der Waals surface area contributed by atoms with Gasteiger partial charge in [0.2, 0.25) is 0 Å². The third kappa shape index (κ3) is 73.0. The highest BCUT2D eigenvalue weighted by Gasteiger charge is 2.30. The molecule has 3 unspecified atom stereocenters. The normalized spacial score (nSPS) is 14.2. The molecule has 0 aromatic carbocycles. The molecule has 3 N–H and O–H groups in total. The fourth-order valence-electron chi connectivity index (χ4n) is 12.5. The second kappa shape index (κ2) is 72.6. The molecule has 6 atom stereocenters. The monoisotopic (exact) mass is 1470 g/mol. The molecule has 0 amide bonds. The van der Waals surface area contributed by atoms with E-state index in [1.165, 1.54) is 238 Å². The Morgan fingerprint density at radius 1 is 0.290 bits per heavy atom. The van der Waals surface area contributed by atoms with Crippen LogP contribution < -0.4 is 0 Å². The molecule has 0 saturated carbocycles. The summed E-state index contributed by atoms with van der Waals surface area (Å²) in [5, 5.41) is 10.6. The number of hydrogen-bond donors (Lipinski definition) is 3. The lowest BCUT2D eigenvalue weighted by Gasteiger charge is -2.21. The highest BCUT2D eigenvalue weighted by Crippen LogP contribution is 2.45. The maximum atomic E-state index is 13.1. The third-order valence-electron chi connectivity index (χ3n) is 19.3. The lowest BCUT2D eigenvalue weighted by molar-refractivity contribution is -0.161. The molecule has 100 heavy (non-hydrogen) atoms. The van der Waals surface area contributed by atoms with Crippen LogP contribution in [0.25, 0.3) is 0 Å². The van der Waals surface area contributed by atoms with Crippen molar-refractivity contribution in [1.29, 1.82) is 0 Å². The van der Waals surface area contributed by atoms with E-state index >= 15 is 0 Å². The van der Waals surface area contributed by atoms with Crippen LogP contribution in [-0.4, -0.2) is 96.7 Å². The number of aliphatic hydroxyl groups is 1. The first-order valence-electron chi connectivity index (χ1n) is 42.0. The lowest BCUT2D eigenvalue weighted by Crippen LogP contribution is -2.30. The minimum Gasteiger partial charge on any atom is -0.462 e. The maximum absolute atomic E-state index is 13.1. The number of phosphoric ester groups is 2. The Bertz CT molecular complexity index is 1930. The largest absolute Gasteiger partial charge is 0.472 e. The SMILES string of the molecule is CCCCCCCCCCCCCCCCCCCCCCCCC(=O)O[C@H](COC(=O)CCCCCCCCCCCCCCCCCCC(C)C)COP(=O)(O)OC[C@@H](O)COP(=O)(O)OC[C@@H](COC(=O)CCCCCCC)OC(=O)CCCCCCCCCCCCC(C)CC. The van der Waals surface area contributed by atoms with Crippen molar-refractivity contribution in [2.45, 2.75) is 445 Å². The number of esters is 4. The van der Waals surface area contributed by atoms with Crippen LogP contribution in [0.15, 0.2) is 0 Å². The first-order chi connectivity index (χ1) is 48.4. The van der Waals surface area contributed by atoms with Crippen molar-refractivity contribution < 1.29 is 80.2 Å². The van der Waals surface area contributed by atoms with E-state index < -0.39 is 97.5 Å². The number of ether oxygens (including phenoxy) is 4. The Labute approximate surface area is 613 Å². The summed E-state index contributed by atoms with van der Waals surface area (Å²) < 4.78 is 68.5. The summed E-state index contributed by atoms with van der Waals surface area (Å²) in [6.45, 7) is 9.59. The fourth-order valence-corrected chi connectivity index (χ4v) is 14.1. The van der Waals surface area contributed by atoms with Gasteiger partial charge < -0.3 is 33.8 Å². The van der Waals surface area contributed by atoms with Gasteiger partial charge in [0.1, 0.15) is 19.3 Å². The molecule has 0 aliphatic rings. The highest BCUT2D eigenvalue weighted by molar-refractivity contribution is 7.47. The van der Waals surface area contributed by atoms with Gasteiger partial charge in [-0.3, -0.25) is 37.3 Å². The number of carbonyl (C=O) groups excluding carboxylic acids is 4. The smallest absolute Gasteiger partial charge is 0.462 e. The van der Waals surface area contributed by atoms with Crippen LogP contribution in [0, 0.1) is 11.8 Å². The molecular formula is C81H158O17P2. The van der Waals surface area contributed by atoms with Crippen molar-refractivity contribution in [3.05, 3.63) is 0 Å². The first-order valence-corrected chi connectivity index (χ1v) is 45.0. The quantitative estimate of drug-likeness (QED) is 0.0222. The van der Waals surface area contributed by atoms with Gasteiger partial charge in [0.15, 0.2) is 12.2 Å². The number of phosphoric acid groups is 2. The molecular weight excluding hydrogens is 1310 g/mol. The maximum Gasteiger partial charge on any atom is 0.472 e. The molecule has 19 heteroatoms. The van der Waals surface area contributed by atoms with Gasteiger partial charge in [0.25, 0.3) is 0 Å². The van der Waals surface area contributed by atoms with Crippen molar-refractivity contribution in [3.63, 3.8) is 0 Å². The number of carbonyl (C=O) groups is 4. The number of unbranched alkanes of at least 4 members (excludes halogenated alkanes) is 49. The summed E-state index contributed by atoms with van der Waals surface area (Å²) in [6.07, 6.45) is 63.0. The second-order valence-corrected chi connectivity index (χ2v) is 32.8. The summed E-state index contributed by atoms with van der Waals surface area (Å²) in [5.74, 6) is -0.506. The van der Waals surface area contributed by atoms with Crippen molar-refractivity contribution in [3.8, 4) is 0 Å². The minimum atomic E-state index is -4.96. The van der Waals surface area contributed by atoms with Crippen LogP contribution in [-0.2, 0) is 65.4 Å². The Morgan fingerprint density at radius 3 is 0.760 bits per heavy atom. The zero-order chi connectivity index (χ0) is 73.5. The molecule has 594 valence electrons. The topological polar surface area (TPSA) is 237 Å². The van der Waals surface area contributed by atoms with Crippen LogP contribution in [0.1, 0.15) is 427 Å². The lowest BCUT2D eigenvalue weighted by atomic mass is 9.99. The van der Waals surface area contributed by atoms with Gasteiger partial charge >= 0.3 is 39.5 Å². The van der Waals surface area contributed by atoms with Crippen LogP contribution in [0.2, 0.25) is 0 Å². The Hall–Kier alpha value is -1.94. The standard InChI is InChI=1S/C81H158O17P2/c1-7-10-12-14-15-16-17-18-19-20-21-22-23-24-25-30-33-36-42-47-53-59-65-81(86)98-77(70-92-79(84)64-58-52-46-41-35-32-29-27-26-28-31-34-39-44-50-55-61-73(4)5)72-96-100(89,90)94-68-75(82)67-93-99(87,88)95-71-76(69-91-78(83)63-57-49-13-11-8-2)97-80(85)66-60-54-48-43-38-37-40-45-51-56-62-74(6)9-3/h73-77,82H,7-72H2,1-6H3,(H,87,88)(H,89,90)/t74?,75-,76+,77+/m0/s1. The van der Waals surface area contributed by atoms with Gasteiger partial charge in [-0.05, 0) is 37.5 Å². The van der Waals surface area contributed by atoms with Crippen molar-refractivity contribution in [2.24, 2.45) is 11.8 Å². The first kappa shape index (κ1) is 98.1. The van der Waals surface area contributed by atoms with Crippen molar-refractivity contribution in [2.75, 3.05) is 39.6 Å². The summed E-state index contributed by atoms with van der Waals surface area (Å²) in [4.78, 5) is 72.7. The zero-order valence-corrected chi connectivity index (χ0v) is 67.3. The van der Waals surface area contributed by atoms with E-state index in [0.717, 1.165) is 108 Å². The molecule has 0 radical (unpaired) electrons. The molecule has 0 fully saturated rings. The molecule has 0 aromatic heterocycles. The molecule has 0 heterocycles. The van der Waals surface area contributed by atoms with Gasteiger partial charge in [-0.2, -0.15) is 0 Å². The molecule has 17 nitrogen and oxygen atoms in total. The predicted molar refractivity (Wildman–Crippen MR) is 409 cm³/mol. The predicted octanol–water partition coefficient (Wildman–Crippen LogP) is 24.3. The molecule has 0 spiro atoms. The Morgan fingerprint density at radius 2 is 0.510 bits per heavy atom. The number of hydrogen-bond acceptors (Lipinski definition) is 15. The van der Waals surface area contributed by atoms with E-state index in [4.69, 9.17) is 37.0 Å². The summed E-state index contributed by atoms with van der Waals surface area (Å²) in [5.41, 5.74) is 0. The van der Waals surface area contributed by atoms with Crippen LogP contribution in [0.3, 0.4) is 0 Å². The second-order valence-electron chi connectivity index (χ2n) is 29.9.